The number of amides is 1. The number of carbonyl (C=O) groups is 1. The fourth-order valence-electron chi connectivity index (χ4n) is 1.86. The predicted molar refractivity (Wildman–Crippen MR) is 84.8 cm³/mol. The van der Waals surface area contributed by atoms with Gasteiger partial charge in [0.25, 0.3) is 5.91 Å². The summed E-state index contributed by atoms with van der Waals surface area (Å²) in [6, 6.07) is 12.8. The maximum atomic E-state index is 12.4. The molecule has 1 N–H and O–H groups in total. The van der Waals surface area contributed by atoms with Crippen molar-refractivity contribution in [1.82, 2.24) is 9.97 Å². The third-order valence-corrected chi connectivity index (χ3v) is 3.84. The number of nitrogens with one attached hydrogen (secondary N) is 1. The molecule has 0 saturated carbocycles. The highest BCUT2D eigenvalue weighted by Crippen LogP contribution is 2.26. The van der Waals surface area contributed by atoms with E-state index in [0.717, 1.165) is 5.56 Å². The van der Waals surface area contributed by atoms with Crippen molar-refractivity contribution in [3.63, 3.8) is 0 Å². The molecule has 0 fully saturated rings. The van der Waals surface area contributed by atoms with E-state index < -0.39 is 0 Å². The lowest BCUT2D eigenvalue weighted by molar-refractivity contribution is 0.103. The molecule has 104 valence electrons. The van der Waals surface area contributed by atoms with Gasteiger partial charge in [-0.05, 0) is 12.1 Å². The van der Waals surface area contributed by atoms with Crippen LogP contribution in [0.1, 0.15) is 9.67 Å². The molecule has 0 atom stereocenters. The minimum absolute atomic E-state index is 0.244. The summed E-state index contributed by atoms with van der Waals surface area (Å²) >= 11 is 7.17. The van der Waals surface area contributed by atoms with Gasteiger partial charge in [-0.2, -0.15) is 0 Å². The van der Waals surface area contributed by atoms with Crippen LogP contribution in [0.2, 0.25) is 5.02 Å². The van der Waals surface area contributed by atoms with Crippen molar-refractivity contribution >= 4 is 34.7 Å². The van der Waals surface area contributed by atoms with Crippen molar-refractivity contribution in [3.05, 3.63) is 64.1 Å². The van der Waals surface area contributed by atoms with Crippen LogP contribution < -0.4 is 5.32 Å². The molecule has 0 aliphatic rings. The first kappa shape index (κ1) is 13.7. The lowest BCUT2D eigenvalue weighted by atomic mass is 10.1. The number of rotatable bonds is 3. The van der Waals surface area contributed by atoms with Gasteiger partial charge in [0.2, 0.25) is 0 Å². The highest BCUT2D eigenvalue weighted by molar-refractivity contribution is 7.12. The number of hydrogen-bond donors (Lipinski definition) is 1. The predicted octanol–water partition coefficient (Wildman–Crippen LogP) is 4.11. The Morgan fingerprint density at radius 1 is 1.14 bits per heavy atom. The molecular formula is C15H10ClN3OS. The van der Waals surface area contributed by atoms with E-state index >= 15 is 0 Å². The van der Waals surface area contributed by atoms with Gasteiger partial charge >= 0.3 is 0 Å². The van der Waals surface area contributed by atoms with Crippen LogP contribution in [0.5, 0.6) is 0 Å². The molecule has 1 aromatic carbocycles. The van der Waals surface area contributed by atoms with Gasteiger partial charge in [-0.3, -0.25) is 4.79 Å². The Labute approximate surface area is 130 Å². The van der Waals surface area contributed by atoms with Crippen molar-refractivity contribution in [2.45, 2.75) is 0 Å². The maximum absolute atomic E-state index is 12.4. The van der Waals surface area contributed by atoms with Crippen molar-refractivity contribution in [2.75, 3.05) is 5.32 Å². The van der Waals surface area contributed by atoms with Gasteiger partial charge in [-0.15, -0.1) is 11.3 Å². The van der Waals surface area contributed by atoms with Crippen LogP contribution in [-0.2, 0) is 0 Å². The Bertz CT molecular complexity index is 773. The van der Waals surface area contributed by atoms with Crippen molar-refractivity contribution in [1.29, 1.82) is 0 Å². The molecule has 0 aliphatic heterocycles. The van der Waals surface area contributed by atoms with E-state index in [1.165, 1.54) is 11.3 Å². The summed E-state index contributed by atoms with van der Waals surface area (Å²) in [5.41, 5.74) is 3.23. The number of benzene rings is 1. The molecule has 2 aromatic heterocycles. The smallest absolute Gasteiger partial charge is 0.269 e. The summed E-state index contributed by atoms with van der Waals surface area (Å²) in [6.07, 6.45) is 1.54. The van der Waals surface area contributed by atoms with Crippen LogP contribution in [-0.4, -0.2) is 15.9 Å². The highest BCUT2D eigenvalue weighted by Gasteiger charge is 2.16. The lowest BCUT2D eigenvalue weighted by Gasteiger charge is -2.05. The van der Waals surface area contributed by atoms with E-state index in [1.807, 2.05) is 30.3 Å². The number of thiazole rings is 1. The Kier molecular flexibility index (Phi) is 3.94. The van der Waals surface area contributed by atoms with Crippen LogP contribution in [0.15, 0.2) is 54.2 Å². The third-order valence-electron chi connectivity index (χ3n) is 2.78. The van der Waals surface area contributed by atoms with Gasteiger partial charge < -0.3 is 5.32 Å². The molecule has 3 rings (SSSR count). The van der Waals surface area contributed by atoms with Gasteiger partial charge in [-0.25, -0.2) is 9.97 Å². The van der Waals surface area contributed by atoms with Gasteiger partial charge in [-0.1, -0.05) is 41.9 Å². The monoisotopic (exact) mass is 315 g/mol. The number of halogens is 1. The summed E-state index contributed by atoms with van der Waals surface area (Å²) < 4.78 is 0. The van der Waals surface area contributed by atoms with E-state index in [2.05, 4.69) is 15.3 Å². The summed E-state index contributed by atoms with van der Waals surface area (Å²) in [4.78, 5) is 21.2. The molecule has 2 heterocycles. The Morgan fingerprint density at radius 2 is 1.95 bits per heavy atom. The number of hydrogen-bond acceptors (Lipinski definition) is 4. The number of aromatic nitrogens is 2. The molecule has 4 nitrogen and oxygen atoms in total. The van der Waals surface area contributed by atoms with Crippen molar-refractivity contribution in [2.24, 2.45) is 0 Å². The molecule has 0 saturated heterocycles. The molecule has 6 heteroatoms. The van der Waals surface area contributed by atoms with Gasteiger partial charge in [0.05, 0.1) is 11.2 Å². The molecule has 0 aliphatic carbocycles. The van der Waals surface area contributed by atoms with Crippen LogP contribution in [0, 0.1) is 0 Å². The second kappa shape index (κ2) is 6.03. The minimum atomic E-state index is -0.244. The van der Waals surface area contributed by atoms with Crippen LogP contribution in [0.3, 0.4) is 0 Å². The second-order valence-corrected chi connectivity index (χ2v) is 5.50. The Hall–Kier alpha value is -2.24. The van der Waals surface area contributed by atoms with E-state index in [0.29, 0.717) is 21.4 Å². The zero-order chi connectivity index (χ0) is 14.7. The molecule has 0 radical (unpaired) electrons. The van der Waals surface area contributed by atoms with Gasteiger partial charge in [0, 0.05) is 16.8 Å². The number of anilines is 1. The fourth-order valence-corrected chi connectivity index (χ4v) is 2.72. The average Bonchev–Trinajstić information content (AvgIpc) is 2.98. The van der Waals surface area contributed by atoms with Crippen LogP contribution in [0.25, 0.3) is 11.3 Å². The topological polar surface area (TPSA) is 54.9 Å². The van der Waals surface area contributed by atoms with Crippen LogP contribution >= 0.6 is 22.9 Å². The molecule has 0 bridgehead atoms. The zero-order valence-corrected chi connectivity index (χ0v) is 12.4. The van der Waals surface area contributed by atoms with Crippen LogP contribution in [0.4, 0.5) is 5.82 Å². The highest BCUT2D eigenvalue weighted by atomic mass is 35.5. The number of nitrogens with zero attached hydrogens (tertiary/aromatic N) is 2. The fraction of sp³-hybridized carbons (Fsp3) is 0. The summed E-state index contributed by atoms with van der Waals surface area (Å²) in [5, 5.41) is 3.25. The Balaban J connectivity index is 1.88. The summed E-state index contributed by atoms with van der Waals surface area (Å²) in [7, 11) is 0. The van der Waals surface area contributed by atoms with E-state index in [9.17, 15) is 4.79 Å². The van der Waals surface area contributed by atoms with Gasteiger partial charge in [0.1, 0.15) is 10.7 Å². The first-order chi connectivity index (χ1) is 10.2. The average molecular weight is 316 g/mol. The van der Waals surface area contributed by atoms with E-state index in [-0.39, 0.29) is 5.91 Å². The summed E-state index contributed by atoms with van der Waals surface area (Å²) in [6.45, 7) is 0. The SMILES string of the molecule is O=C(Nc1cc(Cl)ccn1)c1scnc1-c1ccccc1. The molecule has 3 aromatic rings. The van der Waals surface area contributed by atoms with E-state index in [4.69, 9.17) is 11.6 Å². The van der Waals surface area contributed by atoms with Crippen molar-refractivity contribution in [3.8, 4) is 11.3 Å². The number of carbonyl (C=O) groups excluding carboxylic acids is 1. The maximum Gasteiger partial charge on any atom is 0.269 e. The molecular weight excluding hydrogens is 306 g/mol. The standard InChI is InChI=1S/C15H10ClN3OS/c16-11-6-7-17-12(8-11)19-15(20)14-13(18-9-21-14)10-4-2-1-3-5-10/h1-9H,(H,17,19,20). The van der Waals surface area contributed by atoms with E-state index in [1.54, 1.807) is 23.8 Å². The lowest BCUT2D eigenvalue weighted by Crippen LogP contribution is -2.12. The minimum Gasteiger partial charge on any atom is -0.306 e. The zero-order valence-electron chi connectivity index (χ0n) is 10.8. The quantitative estimate of drug-likeness (QED) is 0.791. The molecule has 1 amide bonds. The first-order valence-corrected chi connectivity index (χ1v) is 7.41. The molecule has 0 unspecified atom stereocenters. The number of pyridine rings is 1. The summed E-state index contributed by atoms with van der Waals surface area (Å²) in [5.74, 6) is 0.172. The molecule has 21 heavy (non-hydrogen) atoms. The Morgan fingerprint density at radius 3 is 2.71 bits per heavy atom. The normalized spacial score (nSPS) is 10.3. The third kappa shape index (κ3) is 3.09. The second-order valence-electron chi connectivity index (χ2n) is 4.21. The first-order valence-electron chi connectivity index (χ1n) is 6.16. The largest absolute Gasteiger partial charge is 0.306 e. The van der Waals surface area contributed by atoms with Gasteiger partial charge in [0.15, 0.2) is 0 Å². The van der Waals surface area contributed by atoms with Crippen molar-refractivity contribution < 1.29 is 4.79 Å². The molecule has 0 spiro atoms.